The van der Waals surface area contributed by atoms with Gasteiger partial charge in [0.25, 0.3) is 0 Å². The highest BCUT2D eigenvalue weighted by molar-refractivity contribution is 7.98. The molecular weight excluding hydrogens is 226 g/mol. The summed E-state index contributed by atoms with van der Waals surface area (Å²) in [6, 6.07) is 0.788. The second kappa shape index (κ2) is 4.77. The molecule has 0 amide bonds. The van der Waals surface area contributed by atoms with Crippen molar-refractivity contribution in [3.63, 3.8) is 0 Å². The van der Waals surface area contributed by atoms with Crippen molar-refractivity contribution in [1.82, 2.24) is 5.32 Å². The minimum absolute atomic E-state index is 0.688. The molecule has 0 saturated heterocycles. The van der Waals surface area contributed by atoms with E-state index in [9.17, 15) is 0 Å². The smallest absolute Gasteiger partial charge is 0.0214 e. The summed E-state index contributed by atoms with van der Waals surface area (Å²) >= 11 is 2.04. The van der Waals surface area contributed by atoms with E-state index in [2.05, 4.69) is 18.5 Å². The van der Waals surface area contributed by atoms with Crippen molar-refractivity contribution in [2.24, 2.45) is 23.2 Å². The summed E-state index contributed by atoms with van der Waals surface area (Å²) < 4.78 is 0. The Morgan fingerprint density at radius 2 is 1.65 bits per heavy atom. The van der Waals surface area contributed by atoms with E-state index >= 15 is 0 Å². The van der Waals surface area contributed by atoms with E-state index in [1.807, 2.05) is 11.8 Å². The van der Waals surface area contributed by atoms with Crippen LogP contribution >= 0.6 is 11.8 Å². The molecule has 0 aromatic carbocycles. The SMILES string of the molecule is CCNC(CSC)C12CC3CC(CC(C3)C1)C2. The molecular formula is C15H27NS. The summed E-state index contributed by atoms with van der Waals surface area (Å²) in [4.78, 5) is 0. The molecule has 4 bridgehead atoms. The second-order valence-corrected chi connectivity index (χ2v) is 7.76. The van der Waals surface area contributed by atoms with Gasteiger partial charge in [0.1, 0.15) is 0 Å². The van der Waals surface area contributed by atoms with Crippen LogP contribution in [0.4, 0.5) is 0 Å². The quantitative estimate of drug-likeness (QED) is 0.804. The molecule has 1 nitrogen and oxygen atoms in total. The molecule has 0 heterocycles. The summed E-state index contributed by atoms with van der Waals surface area (Å²) in [6.45, 7) is 3.42. The van der Waals surface area contributed by atoms with Crippen LogP contribution in [-0.2, 0) is 0 Å². The fraction of sp³-hybridized carbons (Fsp3) is 1.00. The van der Waals surface area contributed by atoms with E-state index < -0.39 is 0 Å². The van der Waals surface area contributed by atoms with Gasteiger partial charge < -0.3 is 5.32 Å². The molecule has 4 aliphatic rings. The molecule has 0 aliphatic heterocycles. The number of thioether (sulfide) groups is 1. The van der Waals surface area contributed by atoms with Crippen LogP contribution in [0.2, 0.25) is 0 Å². The van der Waals surface area contributed by atoms with Gasteiger partial charge in [-0.25, -0.2) is 0 Å². The third-order valence-electron chi connectivity index (χ3n) is 5.61. The number of rotatable bonds is 5. The van der Waals surface area contributed by atoms with E-state index in [0.717, 1.165) is 30.3 Å². The molecule has 0 radical (unpaired) electrons. The Labute approximate surface area is 111 Å². The van der Waals surface area contributed by atoms with Gasteiger partial charge in [0.15, 0.2) is 0 Å². The first-order valence-electron chi connectivity index (χ1n) is 7.48. The molecule has 98 valence electrons. The van der Waals surface area contributed by atoms with Crippen LogP contribution in [0.5, 0.6) is 0 Å². The Morgan fingerprint density at radius 3 is 2.06 bits per heavy atom. The third kappa shape index (κ3) is 2.16. The van der Waals surface area contributed by atoms with Gasteiger partial charge in [-0.15, -0.1) is 0 Å². The summed E-state index contributed by atoms with van der Waals surface area (Å²) in [5, 5.41) is 3.82. The Morgan fingerprint density at radius 1 is 1.12 bits per heavy atom. The molecule has 0 aromatic rings. The highest BCUT2D eigenvalue weighted by Gasteiger charge is 2.53. The Bertz CT molecular complexity index is 235. The molecule has 2 heteroatoms. The first kappa shape index (κ1) is 12.3. The Kier molecular flexibility index (Phi) is 3.47. The van der Waals surface area contributed by atoms with Crippen LogP contribution in [0, 0.1) is 23.2 Å². The van der Waals surface area contributed by atoms with E-state index in [0.29, 0.717) is 5.41 Å². The van der Waals surface area contributed by atoms with Crippen molar-refractivity contribution in [3.05, 3.63) is 0 Å². The molecule has 4 aliphatic carbocycles. The van der Waals surface area contributed by atoms with Gasteiger partial charge in [-0.3, -0.25) is 0 Å². The minimum atomic E-state index is 0.688. The van der Waals surface area contributed by atoms with Gasteiger partial charge >= 0.3 is 0 Å². The fourth-order valence-corrected chi connectivity index (χ4v) is 6.27. The van der Waals surface area contributed by atoms with Gasteiger partial charge in [-0.05, 0) is 74.5 Å². The highest BCUT2D eigenvalue weighted by Crippen LogP contribution is 2.61. The van der Waals surface area contributed by atoms with E-state index in [1.54, 1.807) is 19.3 Å². The summed E-state index contributed by atoms with van der Waals surface area (Å²) in [6.07, 6.45) is 11.6. The van der Waals surface area contributed by atoms with Gasteiger partial charge in [0.05, 0.1) is 0 Å². The summed E-state index contributed by atoms with van der Waals surface area (Å²) in [7, 11) is 0. The van der Waals surface area contributed by atoms with Crippen LogP contribution in [-0.4, -0.2) is 24.6 Å². The van der Waals surface area contributed by atoms with Gasteiger partial charge in [-0.2, -0.15) is 11.8 Å². The van der Waals surface area contributed by atoms with E-state index in [1.165, 1.54) is 25.0 Å². The Hall–Kier alpha value is 0.310. The van der Waals surface area contributed by atoms with Crippen molar-refractivity contribution in [2.75, 3.05) is 18.6 Å². The van der Waals surface area contributed by atoms with Crippen LogP contribution in [0.3, 0.4) is 0 Å². The zero-order chi connectivity index (χ0) is 11.9. The second-order valence-electron chi connectivity index (χ2n) is 6.85. The predicted octanol–water partition coefficient (Wildman–Crippen LogP) is 3.54. The topological polar surface area (TPSA) is 12.0 Å². The first-order chi connectivity index (χ1) is 8.25. The summed E-state index contributed by atoms with van der Waals surface area (Å²) in [5.41, 5.74) is 0.688. The average Bonchev–Trinajstić information content (AvgIpc) is 2.27. The van der Waals surface area contributed by atoms with Gasteiger partial charge in [0, 0.05) is 11.8 Å². The Balaban J connectivity index is 1.79. The van der Waals surface area contributed by atoms with Crippen molar-refractivity contribution >= 4 is 11.8 Å². The van der Waals surface area contributed by atoms with Crippen molar-refractivity contribution < 1.29 is 0 Å². The molecule has 1 N–H and O–H groups in total. The van der Waals surface area contributed by atoms with Gasteiger partial charge in [0.2, 0.25) is 0 Å². The standard InChI is InChI=1S/C15H27NS/c1-3-16-14(10-17-2)15-7-11-4-12(8-15)6-13(5-11)9-15/h11-14,16H,3-10H2,1-2H3. The molecule has 0 spiro atoms. The average molecular weight is 253 g/mol. The zero-order valence-electron chi connectivity index (χ0n) is 11.4. The molecule has 4 rings (SSSR count). The maximum atomic E-state index is 3.82. The predicted molar refractivity (Wildman–Crippen MR) is 76.5 cm³/mol. The normalized spacial score (nSPS) is 45.2. The number of nitrogens with one attached hydrogen (secondary N) is 1. The lowest BCUT2D eigenvalue weighted by atomic mass is 9.48. The lowest BCUT2D eigenvalue weighted by molar-refractivity contribution is -0.0691. The molecule has 17 heavy (non-hydrogen) atoms. The maximum Gasteiger partial charge on any atom is 0.0214 e. The van der Waals surface area contributed by atoms with Crippen LogP contribution in [0.1, 0.15) is 45.4 Å². The monoisotopic (exact) mass is 253 g/mol. The van der Waals surface area contributed by atoms with E-state index in [-0.39, 0.29) is 0 Å². The lowest BCUT2D eigenvalue weighted by Crippen LogP contribution is -2.56. The minimum Gasteiger partial charge on any atom is -0.313 e. The van der Waals surface area contributed by atoms with Crippen LogP contribution in [0.15, 0.2) is 0 Å². The van der Waals surface area contributed by atoms with Crippen LogP contribution < -0.4 is 5.32 Å². The van der Waals surface area contributed by atoms with Crippen LogP contribution in [0.25, 0.3) is 0 Å². The van der Waals surface area contributed by atoms with E-state index in [4.69, 9.17) is 0 Å². The first-order valence-corrected chi connectivity index (χ1v) is 8.87. The van der Waals surface area contributed by atoms with Gasteiger partial charge in [-0.1, -0.05) is 6.92 Å². The fourth-order valence-electron chi connectivity index (χ4n) is 5.47. The number of hydrogen-bond donors (Lipinski definition) is 1. The molecule has 4 saturated carbocycles. The zero-order valence-corrected chi connectivity index (χ0v) is 12.2. The largest absolute Gasteiger partial charge is 0.313 e. The van der Waals surface area contributed by atoms with Crippen molar-refractivity contribution in [3.8, 4) is 0 Å². The molecule has 0 aromatic heterocycles. The summed E-state index contributed by atoms with van der Waals surface area (Å²) in [5.74, 6) is 4.58. The molecule has 1 unspecified atom stereocenters. The number of hydrogen-bond acceptors (Lipinski definition) is 2. The van der Waals surface area contributed by atoms with Crippen molar-refractivity contribution in [1.29, 1.82) is 0 Å². The highest BCUT2D eigenvalue weighted by atomic mass is 32.2. The lowest BCUT2D eigenvalue weighted by Gasteiger charge is -2.59. The molecule has 1 atom stereocenters. The van der Waals surface area contributed by atoms with Crippen molar-refractivity contribution in [2.45, 2.75) is 51.5 Å². The molecule has 4 fully saturated rings. The third-order valence-corrected chi connectivity index (χ3v) is 6.28. The maximum absolute atomic E-state index is 3.82.